The maximum atomic E-state index is 11.5. The van der Waals surface area contributed by atoms with Gasteiger partial charge in [0.1, 0.15) is 6.61 Å². The summed E-state index contributed by atoms with van der Waals surface area (Å²) >= 11 is 0. The molecule has 0 heterocycles. The van der Waals surface area contributed by atoms with Crippen molar-refractivity contribution in [2.45, 2.75) is 6.10 Å². The largest absolute Gasteiger partial charge is 0.378 e. The Morgan fingerprint density at radius 2 is 1.45 bits per heavy atom. The van der Waals surface area contributed by atoms with E-state index >= 15 is 0 Å². The van der Waals surface area contributed by atoms with E-state index in [1.54, 1.807) is 0 Å². The molecule has 0 spiro atoms. The van der Waals surface area contributed by atoms with Gasteiger partial charge in [-0.3, -0.25) is 9.59 Å². The van der Waals surface area contributed by atoms with Gasteiger partial charge in [-0.1, -0.05) is 0 Å². The van der Waals surface area contributed by atoms with E-state index in [4.69, 9.17) is 30.4 Å². The summed E-state index contributed by atoms with van der Waals surface area (Å²) in [6.45, 7) is 2.41. The van der Waals surface area contributed by atoms with Crippen LogP contribution < -0.4 is 11.5 Å². The molecule has 0 aliphatic heterocycles. The zero-order chi connectivity index (χ0) is 15.1. The molecule has 1 atom stereocenters. The number of rotatable bonds is 15. The molecule has 20 heavy (non-hydrogen) atoms. The fraction of sp³-hybridized carbons (Fsp3) is 0.833. The monoisotopic (exact) mass is 291 g/mol. The molecule has 0 amide bonds. The Morgan fingerprint density at radius 3 is 2.00 bits per heavy atom. The van der Waals surface area contributed by atoms with Gasteiger partial charge >= 0.3 is 0 Å². The Bertz CT molecular complexity index is 252. The van der Waals surface area contributed by atoms with Crippen molar-refractivity contribution >= 4 is 12.1 Å². The summed E-state index contributed by atoms with van der Waals surface area (Å²) in [5.41, 5.74) is 10.5. The van der Waals surface area contributed by atoms with Crippen molar-refractivity contribution in [3.05, 3.63) is 0 Å². The number of nitrogens with two attached hydrogens (primary N) is 2. The Kier molecular flexibility index (Phi) is 13.9. The van der Waals surface area contributed by atoms with Gasteiger partial charge in [0.25, 0.3) is 0 Å². The van der Waals surface area contributed by atoms with E-state index in [1.807, 2.05) is 0 Å². The number of hydrogen-bond acceptors (Lipinski definition) is 8. The van der Waals surface area contributed by atoms with E-state index in [1.165, 1.54) is 6.29 Å². The first-order valence-corrected chi connectivity index (χ1v) is 6.41. The van der Waals surface area contributed by atoms with Crippen LogP contribution in [0.5, 0.6) is 0 Å². The Hall–Kier alpha value is -0.900. The van der Waals surface area contributed by atoms with Crippen LogP contribution >= 0.6 is 0 Å². The minimum atomic E-state index is -1.25. The lowest BCUT2D eigenvalue weighted by Gasteiger charge is -2.11. The second-order valence-corrected chi connectivity index (χ2v) is 3.69. The summed E-state index contributed by atoms with van der Waals surface area (Å²) in [5.74, 6) is -0.488. The van der Waals surface area contributed by atoms with Gasteiger partial charge in [-0.15, -0.1) is 0 Å². The molecule has 0 saturated carbocycles. The lowest BCUT2D eigenvalue weighted by molar-refractivity contribution is -0.132. The molecule has 0 saturated heterocycles. The zero-order valence-corrected chi connectivity index (χ0v) is 11.5. The average molecular weight is 291 g/mol. The summed E-state index contributed by atoms with van der Waals surface area (Å²) in [4.78, 5) is 22.2. The highest BCUT2D eigenvalue weighted by atomic mass is 16.5. The van der Waals surface area contributed by atoms with Gasteiger partial charge in [-0.2, -0.15) is 0 Å². The van der Waals surface area contributed by atoms with E-state index in [0.29, 0.717) is 32.9 Å². The van der Waals surface area contributed by atoms with Crippen LogP contribution in [0.3, 0.4) is 0 Å². The quantitative estimate of drug-likeness (QED) is 0.263. The lowest BCUT2D eigenvalue weighted by Crippen LogP contribution is -2.31. The molecule has 4 N–H and O–H groups in total. The molecular weight excluding hydrogens is 268 g/mol. The van der Waals surface area contributed by atoms with Crippen LogP contribution in [-0.4, -0.2) is 77.5 Å². The van der Waals surface area contributed by atoms with E-state index in [2.05, 4.69) is 0 Å². The minimum absolute atomic E-state index is 0.116. The number of carbonyl (C=O) groups excluding carboxylic acids is 2. The molecular formula is C12H23N2O6. The highest BCUT2D eigenvalue weighted by Gasteiger charge is 2.19. The van der Waals surface area contributed by atoms with Crippen LogP contribution in [0, 0.1) is 0 Å². The van der Waals surface area contributed by atoms with Gasteiger partial charge < -0.3 is 30.4 Å². The van der Waals surface area contributed by atoms with E-state index < -0.39 is 11.9 Å². The molecule has 8 nitrogen and oxygen atoms in total. The lowest BCUT2D eigenvalue weighted by atomic mass is 10.2. The third kappa shape index (κ3) is 11.0. The van der Waals surface area contributed by atoms with Gasteiger partial charge in [0.2, 0.25) is 6.29 Å². The van der Waals surface area contributed by atoms with E-state index in [-0.39, 0.29) is 26.4 Å². The minimum Gasteiger partial charge on any atom is -0.378 e. The standard InChI is InChI=1S/C12H23N2O6/c13-1-3-17-5-6-19-10-11(16)12(9-15)20-8-7-18-4-2-14/h12H,1-8,10,13-14H2. The smallest absolute Gasteiger partial charge is 0.238 e. The van der Waals surface area contributed by atoms with Crippen molar-refractivity contribution in [2.24, 2.45) is 11.5 Å². The molecule has 0 rings (SSSR count). The molecule has 0 aromatic heterocycles. The number of ether oxygens (including phenoxy) is 4. The average Bonchev–Trinajstić information content (AvgIpc) is 2.46. The maximum Gasteiger partial charge on any atom is 0.238 e. The van der Waals surface area contributed by atoms with Crippen molar-refractivity contribution < 1.29 is 28.5 Å². The normalized spacial score (nSPS) is 12.3. The van der Waals surface area contributed by atoms with E-state index in [0.717, 1.165) is 0 Å². The maximum absolute atomic E-state index is 11.5. The third-order valence-electron chi connectivity index (χ3n) is 2.05. The first kappa shape index (κ1) is 19.1. The second-order valence-electron chi connectivity index (χ2n) is 3.69. The highest BCUT2D eigenvalue weighted by molar-refractivity contribution is 5.97. The molecule has 0 aliphatic rings. The predicted octanol–water partition coefficient (Wildman–Crippen LogP) is -1.98. The molecule has 0 aromatic rings. The van der Waals surface area contributed by atoms with Crippen molar-refractivity contribution in [1.82, 2.24) is 0 Å². The SMILES string of the molecule is NCCOCCOCC(=O)C([C]=O)OCCOCCN. The van der Waals surface area contributed by atoms with Crippen molar-refractivity contribution in [3.8, 4) is 0 Å². The molecule has 117 valence electrons. The molecule has 0 fully saturated rings. The summed E-state index contributed by atoms with van der Waals surface area (Å²) in [5, 5.41) is 0. The van der Waals surface area contributed by atoms with Crippen LogP contribution in [0.2, 0.25) is 0 Å². The van der Waals surface area contributed by atoms with Gasteiger partial charge in [-0.05, 0) is 0 Å². The molecule has 0 bridgehead atoms. The highest BCUT2D eigenvalue weighted by Crippen LogP contribution is 1.93. The van der Waals surface area contributed by atoms with Crippen molar-refractivity contribution in [3.63, 3.8) is 0 Å². The Labute approximate surface area is 118 Å². The first-order valence-electron chi connectivity index (χ1n) is 6.41. The molecule has 8 heteroatoms. The predicted molar refractivity (Wildman–Crippen MR) is 71.0 cm³/mol. The second kappa shape index (κ2) is 14.5. The first-order chi connectivity index (χ1) is 9.76. The molecule has 0 aromatic carbocycles. The number of ketones is 1. The fourth-order valence-corrected chi connectivity index (χ4v) is 1.15. The van der Waals surface area contributed by atoms with E-state index in [9.17, 15) is 9.59 Å². The topological polar surface area (TPSA) is 123 Å². The van der Waals surface area contributed by atoms with Crippen LogP contribution in [-0.2, 0) is 28.5 Å². The van der Waals surface area contributed by atoms with Crippen molar-refractivity contribution in [2.75, 3.05) is 59.3 Å². The summed E-state index contributed by atoms with van der Waals surface area (Å²) in [6, 6.07) is 0. The summed E-state index contributed by atoms with van der Waals surface area (Å²) in [6.07, 6.45) is 0.275. The molecule has 1 radical (unpaired) electrons. The van der Waals surface area contributed by atoms with Crippen LogP contribution in [0.15, 0.2) is 0 Å². The summed E-state index contributed by atoms with van der Waals surface area (Å²) in [7, 11) is 0. The van der Waals surface area contributed by atoms with Gasteiger partial charge in [-0.25, -0.2) is 0 Å². The Balaban J connectivity index is 3.61. The number of Topliss-reactive ketones (excluding diaryl/α,β-unsaturated/α-hetero) is 1. The van der Waals surface area contributed by atoms with Gasteiger partial charge in [0.15, 0.2) is 11.9 Å². The molecule has 1 unspecified atom stereocenters. The number of hydrogen-bond donors (Lipinski definition) is 2. The number of carbonyl (C=O) groups is 1. The van der Waals surface area contributed by atoms with Crippen LogP contribution in [0.25, 0.3) is 0 Å². The van der Waals surface area contributed by atoms with Gasteiger partial charge in [0, 0.05) is 13.1 Å². The molecule has 0 aliphatic carbocycles. The Morgan fingerprint density at radius 1 is 0.900 bits per heavy atom. The fourth-order valence-electron chi connectivity index (χ4n) is 1.15. The van der Waals surface area contributed by atoms with Crippen LogP contribution in [0.4, 0.5) is 0 Å². The van der Waals surface area contributed by atoms with Crippen molar-refractivity contribution in [1.29, 1.82) is 0 Å². The van der Waals surface area contributed by atoms with Gasteiger partial charge in [0.05, 0.1) is 39.6 Å². The zero-order valence-electron chi connectivity index (χ0n) is 11.5. The van der Waals surface area contributed by atoms with Crippen LogP contribution in [0.1, 0.15) is 0 Å². The third-order valence-corrected chi connectivity index (χ3v) is 2.05. The summed E-state index contributed by atoms with van der Waals surface area (Å²) < 4.78 is 20.2.